The second-order valence-corrected chi connectivity index (χ2v) is 5.75. The Balaban J connectivity index is 1.95. The van der Waals surface area contributed by atoms with Crippen LogP contribution in [0.25, 0.3) is 11.4 Å². The van der Waals surface area contributed by atoms with Gasteiger partial charge in [-0.05, 0) is 29.8 Å². The molecule has 0 saturated carbocycles. The van der Waals surface area contributed by atoms with Crippen molar-refractivity contribution in [2.24, 2.45) is 7.05 Å². The Labute approximate surface area is 142 Å². The highest BCUT2D eigenvalue weighted by Gasteiger charge is 2.30. The van der Waals surface area contributed by atoms with E-state index in [0.717, 1.165) is 29.1 Å². The maximum Gasteiger partial charge on any atom is 0.416 e. The molecule has 0 amide bonds. The topological polar surface area (TPSA) is 21.7 Å². The Bertz CT molecular complexity index is 840. The van der Waals surface area contributed by atoms with Crippen molar-refractivity contribution >= 4 is 12.6 Å². The number of alkyl halides is 3. The lowest BCUT2D eigenvalue weighted by Crippen LogP contribution is -2.32. The molecule has 0 spiro atoms. The standard InChI is InChI=1S/C17H14F3N3S/c1-22-15(13-5-3-2-4-6-13)23(21-16(22)24)11-12-7-9-14(10-8-12)17(18,19)20/h2-10H,11H2,1H3. The molecule has 0 N–H and O–H groups in total. The van der Waals surface area contributed by atoms with Gasteiger partial charge in [0, 0.05) is 5.10 Å². The Hall–Kier alpha value is -2.41. The summed E-state index contributed by atoms with van der Waals surface area (Å²) in [4.78, 5) is 0. The van der Waals surface area contributed by atoms with E-state index in [2.05, 4.69) is 5.10 Å². The van der Waals surface area contributed by atoms with Crippen molar-refractivity contribution in [3.8, 4) is 11.4 Å². The molecule has 2 aromatic carbocycles. The lowest BCUT2D eigenvalue weighted by atomic mass is 10.1. The van der Waals surface area contributed by atoms with Crippen molar-refractivity contribution in [1.82, 2.24) is 9.78 Å². The molecule has 1 aromatic heterocycles. The lowest BCUT2D eigenvalue weighted by Gasteiger charge is -2.07. The fourth-order valence-corrected chi connectivity index (χ4v) is 2.68. The van der Waals surface area contributed by atoms with Gasteiger partial charge in [0.15, 0.2) is 5.16 Å². The van der Waals surface area contributed by atoms with Crippen molar-refractivity contribution < 1.29 is 17.7 Å². The lowest BCUT2D eigenvalue weighted by molar-refractivity contribution is -0.698. The molecule has 0 atom stereocenters. The molecule has 3 aromatic rings. The zero-order valence-electron chi connectivity index (χ0n) is 12.8. The maximum atomic E-state index is 12.7. The first-order valence-electron chi connectivity index (χ1n) is 7.21. The molecule has 0 aliphatic carbocycles. The van der Waals surface area contributed by atoms with E-state index in [1.54, 1.807) is 9.25 Å². The molecule has 0 aliphatic rings. The van der Waals surface area contributed by atoms with Gasteiger partial charge in [-0.3, -0.25) is 0 Å². The largest absolute Gasteiger partial charge is 0.703 e. The number of halogens is 3. The average molecular weight is 349 g/mol. The molecule has 1 heterocycles. The summed E-state index contributed by atoms with van der Waals surface area (Å²) < 4.78 is 41.5. The van der Waals surface area contributed by atoms with Gasteiger partial charge in [0.05, 0.1) is 18.2 Å². The Morgan fingerprint density at radius 1 is 1.04 bits per heavy atom. The van der Waals surface area contributed by atoms with E-state index in [0.29, 0.717) is 11.7 Å². The van der Waals surface area contributed by atoms with Gasteiger partial charge in [-0.15, -0.1) is 4.68 Å². The summed E-state index contributed by atoms with van der Waals surface area (Å²) in [6.45, 7) is 0.340. The molecule has 0 aliphatic heterocycles. The zero-order valence-corrected chi connectivity index (χ0v) is 13.6. The van der Waals surface area contributed by atoms with Crippen LogP contribution in [0.4, 0.5) is 13.2 Å². The first kappa shape index (κ1) is 16.4. The zero-order chi connectivity index (χ0) is 17.3. The van der Waals surface area contributed by atoms with Crippen LogP contribution in [0.5, 0.6) is 0 Å². The number of aromatic nitrogens is 3. The summed E-state index contributed by atoms with van der Waals surface area (Å²) in [7, 11) is 1.82. The highest BCUT2D eigenvalue weighted by Crippen LogP contribution is 2.29. The molecular formula is C17H14F3N3S. The van der Waals surface area contributed by atoms with Gasteiger partial charge in [-0.2, -0.15) is 13.2 Å². The van der Waals surface area contributed by atoms with Crippen LogP contribution in [-0.2, 0) is 32.4 Å². The molecule has 0 saturated heterocycles. The van der Waals surface area contributed by atoms with Gasteiger partial charge in [0.25, 0.3) is 5.82 Å². The van der Waals surface area contributed by atoms with Crippen molar-refractivity contribution in [3.63, 3.8) is 0 Å². The summed E-state index contributed by atoms with van der Waals surface area (Å²) in [5.74, 6) is 0.806. The second-order valence-electron chi connectivity index (χ2n) is 5.38. The molecule has 0 radical (unpaired) electrons. The van der Waals surface area contributed by atoms with E-state index in [1.807, 2.05) is 37.4 Å². The number of hydrogen-bond donors (Lipinski definition) is 0. The quantitative estimate of drug-likeness (QED) is 0.534. The van der Waals surface area contributed by atoms with Gasteiger partial charge >= 0.3 is 6.18 Å². The predicted octanol–water partition coefficient (Wildman–Crippen LogP) is 3.35. The third-order valence-electron chi connectivity index (χ3n) is 3.70. The fraction of sp³-hybridized carbons (Fsp3) is 0.176. The number of nitrogens with zero attached hydrogens (tertiary/aromatic N) is 3. The molecule has 7 heteroatoms. The monoisotopic (exact) mass is 349 g/mol. The van der Waals surface area contributed by atoms with Crippen LogP contribution >= 0.6 is 0 Å². The van der Waals surface area contributed by atoms with Crippen LogP contribution in [0.2, 0.25) is 0 Å². The third-order valence-corrected chi connectivity index (χ3v) is 4.06. The van der Waals surface area contributed by atoms with Gasteiger partial charge in [0.1, 0.15) is 6.54 Å². The molecule has 124 valence electrons. The van der Waals surface area contributed by atoms with Crippen molar-refractivity contribution in [2.45, 2.75) is 17.9 Å². The van der Waals surface area contributed by atoms with E-state index in [1.165, 1.54) is 12.1 Å². The summed E-state index contributed by atoms with van der Waals surface area (Å²) in [5, 5.41) is 4.74. The molecule has 0 fully saturated rings. The number of benzene rings is 2. The SMILES string of the molecule is C[n+]1c([S-])nn(Cc2ccc(C(F)(F)F)cc2)c1-c1ccccc1. The van der Waals surface area contributed by atoms with Gasteiger partial charge in [-0.1, -0.05) is 30.3 Å². The van der Waals surface area contributed by atoms with Crippen LogP contribution in [0.1, 0.15) is 11.1 Å². The van der Waals surface area contributed by atoms with Crippen LogP contribution < -0.4 is 4.57 Å². The van der Waals surface area contributed by atoms with Crippen molar-refractivity contribution in [2.75, 3.05) is 0 Å². The van der Waals surface area contributed by atoms with Crippen LogP contribution in [0, 0.1) is 0 Å². The Morgan fingerprint density at radius 2 is 1.67 bits per heavy atom. The number of hydrogen-bond acceptors (Lipinski definition) is 2. The van der Waals surface area contributed by atoms with E-state index in [4.69, 9.17) is 12.6 Å². The minimum atomic E-state index is -4.33. The Kier molecular flexibility index (Phi) is 4.28. The van der Waals surface area contributed by atoms with Crippen LogP contribution in [0.3, 0.4) is 0 Å². The van der Waals surface area contributed by atoms with Gasteiger partial charge < -0.3 is 12.6 Å². The van der Waals surface area contributed by atoms with Gasteiger partial charge in [-0.25, -0.2) is 4.57 Å². The second kappa shape index (κ2) is 6.24. The molecule has 24 heavy (non-hydrogen) atoms. The molecule has 3 rings (SSSR count). The number of rotatable bonds is 3. The molecule has 0 unspecified atom stereocenters. The van der Waals surface area contributed by atoms with Crippen LogP contribution in [0.15, 0.2) is 59.8 Å². The molecular weight excluding hydrogens is 335 g/mol. The minimum absolute atomic E-state index is 0.340. The normalized spacial score (nSPS) is 11.7. The van der Waals surface area contributed by atoms with E-state index >= 15 is 0 Å². The maximum absolute atomic E-state index is 12.7. The fourth-order valence-electron chi connectivity index (χ4n) is 2.49. The minimum Gasteiger partial charge on any atom is -0.703 e. The van der Waals surface area contributed by atoms with Gasteiger partial charge in [0.2, 0.25) is 0 Å². The summed E-state index contributed by atoms with van der Waals surface area (Å²) in [6.07, 6.45) is -4.33. The first-order valence-corrected chi connectivity index (χ1v) is 7.62. The smallest absolute Gasteiger partial charge is 0.416 e. The van der Waals surface area contributed by atoms with E-state index < -0.39 is 11.7 Å². The van der Waals surface area contributed by atoms with E-state index in [9.17, 15) is 13.2 Å². The first-order chi connectivity index (χ1) is 11.4. The van der Waals surface area contributed by atoms with Crippen molar-refractivity contribution in [3.05, 3.63) is 65.7 Å². The Morgan fingerprint density at radius 3 is 2.25 bits per heavy atom. The average Bonchev–Trinajstić information content (AvgIpc) is 2.82. The summed E-state index contributed by atoms with van der Waals surface area (Å²) in [6, 6.07) is 14.7. The highest BCUT2D eigenvalue weighted by molar-refractivity contribution is 7.58. The summed E-state index contributed by atoms with van der Waals surface area (Å²) in [5.41, 5.74) is 0.998. The summed E-state index contributed by atoms with van der Waals surface area (Å²) >= 11 is 5.23. The molecule has 0 bridgehead atoms. The third kappa shape index (κ3) is 3.26. The van der Waals surface area contributed by atoms with Crippen LogP contribution in [-0.4, -0.2) is 9.78 Å². The predicted molar refractivity (Wildman–Crippen MR) is 85.0 cm³/mol. The highest BCUT2D eigenvalue weighted by atomic mass is 32.1. The van der Waals surface area contributed by atoms with E-state index in [-0.39, 0.29) is 0 Å². The molecule has 3 nitrogen and oxygen atoms in total. The van der Waals surface area contributed by atoms with Crippen molar-refractivity contribution in [1.29, 1.82) is 0 Å².